The van der Waals surface area contributed by atoms with Crippen LogP contribution in [0.2, 0.25) is 0 Å². The number of rotatable bonds is 6. The number of hydrogen-bond acceptors (Lipinski definition) is 4. The second kappa shape index (κ2) is 6.39. The Morgan fingerprint density at radius 2 is 2.26 bits per heavy atom. The summed E-state index contributed by atoms with van der Waals surface area (Å²) < 4.78 is 5.08. The Hall–Kier alpha value is -1.07. The standard InChI is InChI=1S/C13H16ClNO3S/c1-2-18-13(17)11-9(8-3-4-8)7-19-12(11)15-10(16)5-6-14/h7-8H,2-6H2,1H3,(H,15,16). The summed E-state index contributed by atoms with van der Waals surface area (Å²) in [6.45, 7) is 2.10. The number of carbonyl (C=O) groups excluding carboxylic acids is 2. The van der Waals surface area contributed by atoms with Gasteiger partial charge in [0.2, 0.25) is 5.91 Å². The first-order valence-electron chi connectivity index (χ1n) is 6.31. The van der Waals surface area contributed by atoms with E-state index < -0.39 is 0 Å². The van der Waals surface area contributed by atoms with Gasteiger partial charge in [0.1, 0.15) is 5.00 Å². The lowest BCUT2D eigenvalue weighted by Gasteiger charge is -2.07. The molecule has 0 aromatic carbocycles. The van der Waals surface area contributed by atoms with Gasteiger partial charge in [-0.3, -0.25) is 4.79 Å². The summed E-state index contributed by atoms with van der Waals surface area (Å²) in [5.41, 5.74) is 1.53. The Bertz CT molecular complexity index is 482. The number of hydrogen-bond donors (Lipinski definition) is 1. The first-order chi connectivity index (χ1) is 9.17. The van der Waals surface area contributed by atoms with Crippen LogP contribution < -0.4 is 5.32 Å². The molecule has 4 nitrogen and oxygen atoms in total. The van der Waals surface area contributed by atoms with Crippen molar-refractivity contribution in [2.75, 3.05) is 17.8 Å². The lowest BCUT2D eigenvalue weighted by molar-refractivity contribution is -0.115. The third-order valence-corrected chi connectivity index (χ3v) is 3.99. The summed E-state index contributed by atoms with van der Waals surface area (Å²) in [7, 11) is 0. The van der Waals surface area contributed by atoms with E-state index in [-0.39, 0.29) is 24.2 Å². The molecule has 0 aliphatic heterocycles. The molecule has 2 rings (SSSR count). The van der Waals surface area contributed by atoms with Gasteiger partial charge in [0.05, 0.1) is 12.2 Å². The highest BCUT2D eigenvalue weighted by atomic mass is 35.5. The maximum atomic E-state index is 12.0. The highest BCUT2D eigenvalue weighted by Crippen LogP contribution is 2.46. The lowest BCUT2D eigenvalue weighted by Crippen LogP contribution is -2.15. The Kier molecular flexibility index (Phi) is 4.82. The normalized spacial score (nSPS) is 14.2. The van der Waals surface area contributed by atoms with E-state index in [0.29, 0.717) is 23.1 Å². The van der Waals surface area contributed by atoms with Crippen LogP contribution in [0.1, 0.15) is 48.0 Å². The second-order valence-electron chi connectivity index (χ2n) is 4.38. The van der Waals surface area contributed by atoms with Crippen LogP contribution in [0.25, 0.3) is 0 Å². The number of carbonyl (C=O) groups is 2. The van der Waals surface area contributed by atoms with Gasteiger partial charge < -0.3 is 10.1 Å². The van der Waals surface area contributed by atoms with E-state index in [1.807, 2.05) is 5.38 Å². The molecule has 0 radical (unpaired) electrons. The van der Waals surface area contributed by atoms with Crippen molar-refractivity contribution in [3.63, 3.8) is 0 Å². The van der Waals surface area contributed by atoms with E-state index in [4.69, 9.17) is 16.3 Å². The number of alkyl halides is 1. The van der Waals surface area contributed by atoms with E-state index in [9.17, 15) is 9.59 Å². The average molecular weight is 302 g/mol. The van der Waals surface area contributed by atoms with E-state index in [1.165, 1.54) is 11.3 Å². The molecule has 19 heavy (non-hydrogen) atoms. The fourth-order valence-corrected chi connectivity index (χ4v) is 3.07. The Labute approximate surface area is 121 Å². The van der Waals surface area contributed by atoms with Crippen molar-refractivity contribution < 1.29 is 14.3 Å². The van der Waals surface area contributed by atoms with Gasteiger partial charge in [-0.05, 0) is 36.6 Å². The van der Waals surface area contributed by atoms with Gasteiger partial charge in [-0.1, -0.05) is 0 Å². The van der Waals surface area contributed by atoms with Gasteiger partial charge in [-0.25, -0.2) is 4.79 Å². The highest BCUT2D eigenvalue weighted by molar-refractivity contribution is 7.15. The van der Waals surface area contributed by atoms with Crippen molar-refractivity contribution in [2.45, 2.75) is 32.1 Å². The fraction of sp³-hybridized carbons (Fsp3) is 0.538. The third-order valence-electron chi connectivity index (χ3n) is 2.89. The minimum Gasteiger partial charge on any atom is -0.462 e. The number of thiophene rings is 1. The molecule has 0 saturated heterocycles. The van der Waals surface area contributed by atoms with Crippen molar-refractivity contribution in [2.24, 2.45) is 0 Å². The predicted octanol–water partition coefficient (Wildman–Crippen LogP) is 3.37. The summed E-state index contributed by atoms with van der Waals surface area (Å²) in [5.74, 6) is 0.174. The molecule has 1 aliphatic carbocycles. The smallest absolute Gasteiger partial charge is 0.341 e. The zero-order valence-corrected chi connectivity index (χ0v) is 12.3. The monoisotopic (exact) mass is 301 g/mol. The maximum absolute atomic E-state index is 12.0. The molecule has 104 valence electrons. The van der Waals surface area contributed by atoms with Crippen molar-refractivity contribution >= 4 is 39.8 Å². The Morgan fingerprint density at radius 3 is 2.84 bits per heavy atom. The molecular weight excluding hydrogens is 286 g/mol. The van der Waals surface area contributed by atoms with Crippen molar-refractivity contribution in [1.29, 1.82) is 0 Å². The Morgan fingerprint density at radius 1 is 1.53 bits per heavy atom. The van der Waals surface area contributed by atoms with Gasteiger partial charge >= 0.3 is 5.97 Å². The van der Waals surface area contributed by atoms with Gasteiger partial charge in [0.15, 0.2) is 0 Å². The molecule has 1 amide bonds. The van der Waals surface area contributed by atoms with Gasteiger partial charge in [-0.2, -0.15) is 0 Å². The first kappa shape index (κ1) is 14.3. The van der Waals surface area contributed by atoms with Gasteiger partial charge in [-0.15, -0.1) is 22.9 Å². The molecule has 1 saturated carbocycles. The van der Waals surface area contributed by atoms with Gasteiger partial charge in [0, 0.05) is 12.3 Å². The van der Waals surface area contributed by atoms with Crippen molar-refractivity contribution in [3.8, 4) is 0 Å². The quantitative estimate of drug-likeness (QED) is 0.647. The first-order valence-corrected chi connectivity index (χ1v) is 7.73. The molecule has 1 N–H and O–H groups in total. The van der Waals surface area contributed by atoms with Crippen molar-refractivity contribution in [1.82, 2.24) is 0 Å². The zero-order valence-electron chi connectivity index (χ0n) is 10.7. The third kappa shape index (κ3) is 3.48. The minimum absolute atomic E-state index is 0.176. The summed E-state index contributed by atoms with van der Waals surface area (Å²) in [6.07, 6.45) is 2.43. The molecule has 6 heteroatoms. The summed E-state index contributed by atoms with van der Waals surface area (Å²) in [5, 5.41) is 5.27. The molecule has 1 aromatic heterocycles. The highest BCUT2D eigenvalue weighted by Gasteiger charge is 2.32. The molecule has 1 aliphatic rings. The van der Waals surface area contributed by atoms with Crippen LogP contribution in [0.5, 0.6) is 0 Å². The van der Waals surface area contributed by atoms with Crippen LogP contribution in [-0.2, 0) is 9.53 Å². The molecule has 1 heterocycles. The molecule has 1 aromatic rings. The average Bonchev–Trinajstić information content (AvgIpc) is 3.12. The number of anilines is 1. The van der Waals surface area contributed by atoms with E-state index in [1.54, 1.807) is 6.92 Å². The maximum Gasteiger partial charge on any atom is 0.341 e. The molecule has 0 unspecified atom stereocenters. The number of nitrogens with one attached hydrogen (secondary N) is 1. The van der Waals surface area contributed by atoms with E-state index >= 15 is 0 Å². The molecule has 0 atom stereocenters. The van der Waals surface area contributed by atoms with Crippen LogP contribution in [-0.4, -0.2) is 24.4 Å². The van der Waals surface area contributed by atoms with E-state index in [0.717, 1.165) is 18.4 Å². The number of esters is 1. The number of amides is 1. The van der Waals surface area contributed by atoms with Gasteiger partial charge in [0.25, 0.3) is 0 Å². The lowest BCUT2D eigenvalue weighted by atomic mass is 10.1. The van der Waals surface area contributed by atoms with Crippen LogP contribution in [0.3, 0.4) is 0 Å². The molecular formula is C13H16ClNO3S. The fourth-order valence-electron chi connectivity index (χ4n) is 1.85. The van der Waals surface area contributed by atoms with E-state index in [2.05, 4.69) is 5.32 Å². The Balaban J connectivity index is 2.22. The largest absolute Gasteiger partial charge is 0.462 e. The minimum atomic E-state index is -0.355. The predicted molar refractivity (Wildman–Crippen MR) is 76.2 cm³/mol. The summed E-state index contributed by atoms with van der Waals surface area (Å²) >= 11 is 6.91. The van der Waals surface area contributed by atoms with Crippen LogP contribution in [0.15, 0.2) is 5.38 Å². The SMILES string of the molecule is CCOC(=O)c1c(C2CC2)csc1NC(=O)CCCl. The molecule has 0 spiro atoms. The van der Waals surface area contributed by atoms with Crippen molar-refractivity contribution in [3.05, 3.63) is 16.5 Å². The zero-order chi connectivity index (χ0) is 13.8. The molecule has 1 fully saturated rings. The van der Waals surface area contributed by atoms with Crippen LogP contribution >= 0.6 is 22.9 Å². The second-order valence-corrected chi connectivity index (χ2v) is 5.63. The van der Waals surface area contributed by atoms with Crippen LogP contribution in [0.4, 0.5) is 5.00 Å². The van der Waals surface area contributed by atoms with Crippen LogP contribution in [0, 0.1) is 0 Å². The number of ether oxygens (including phenoxy) is 1. The summed E-state index contributed by atoms with van der Waals surface area (Å²) in [4.78, 5) is 23.6. The molecule has 0 bridgehead atoms. The topological polar surface area (TPSA) is 55.4 Å². The summed E-state index contributed by atoms with van der Waals surface area (Å²) in [6, 6.07) is 0. The number of halogens is 1.